The Morgan fingerprint density at radius 3 is 3.14 bits per heavy atom. The van der Waals surface area contributed by atoms with Crippen molar-refractivity contribution in [3.8, 4) is 0 Å². The molecule has 14 heavy (non-hydrogen) atoms. The van der Waals surface area contributed by atoms with Crippen LogP contribution in [0.25, 0.3) is 0 Å². The topological polar surface area (TPSA) is 68.1 Å². The highest BCUT2D eigenvalue weighted by molar-refractivity contribution is 8.02. The first-order valence-corrected chi connectivity index (χ1v) is 5.18. The van der Waals surface area contributed by atoms with Crippen LogP contribution in [0.15, 0.2) is 16.3 Å². The van der Waals surface area contributed by atoms with Gasteiger partial charge in [-0.15, -0.1) is 11.8 Å². The van der Waals surface area contributed by atoms with Crippen LogP contribution in [-0.2, 0) is 14.3 Å². The zero-order valence-corrected chi connectivity index (χ0v) is 8.54. The van der Waals surface area contributed by atoms with Crippen molar-refractivity contribution in [3.63, 3.8) is 0 Å². The zero-order valence-electron chi connectivity index (χ0n) is 7.73. The monoisotopic (exact) mass is 217 g/mol. The lowest BCUT2D eigenvalue weighted by molar-refractivity contribution is -0.135. The van der Waals surface area contributed by atoms with E-state index >= 15 is 0 Å². The second kappa shape index (κ2) is 5.54. The van der Waals surface area contributed by atoms with E-state index in [1.807, 2.05) is 0 Å². The Bertz CT molecular complexity index is 275. The van der Waals surface area contributed by atoms with Gasteiger partial charge in [0.25, 0.3) is 0 Å². The molecule has 0 saturated heterocycles. The number of hydrogen-bond donors (Lipinski definition) is 1. The SMILES string of the molecule is CCOC(=O)C(=NO)C1=CSCCO1. The molecule has 6 heteroatoms. The largest absolute Gasteiger partial charge is 0.489 e. The smallest absolute Gasteiger partial charge is 0.364 e. The molecule has 0 saturated carbocycles. The second-order valence-corrected chi connectivity index (χ2v) is 3.35. The first-order valence-electron chi connectivity index (χ1n) is 4.13. The van der Waals surface area contributed by atoms with E-state index in [0.717, 1.165) is 5.75 Å². The van der Waals surface area contributed by atoms with Gasteiger partial charge in [0, 0.05) is 11.2 Å². The summed E-state index contributed by atoms with van der Waals surface area (Å²) < 4.78 is 9.84. The predicted molar refractivity (Wildman–Crippen MR) is 52.3 cm³/mol. The predicted octanol–water partition coefficient (Wildman–Crippen LogP) is 0.985. The molecule has 0 aliphatic carbocycles. The number of hydrogen-bond acceptors (Lipinski definition) is 6. The molecule has 0 spiro atoms. The highest BCUT2D eigenvalue weighted by Gasteiger charge is 2.21. The minimum atomic E-state index is -0.677. The molecular weight excluding hydrogens is 206 g/mol. The van der Waals surface area contributed by atoms with Crippen LogP contribution in [0.5, 0.6) is 0 Å². The fourth-order valence-corrected chi connectivity index (χ4v) is 1.51. The molecule has 0 fully saturated rings. The lowest BCUT2D eigenvalue weighted by atomic mass is 10.3. The van der Waals surface area contributed by atoms with Crippen molar-refractivity contribution < 1.29 is 19.5 Å². The van der Waals surface area contributed by atoms with Gasteiger partial charge >= 0.3 is 5.97 Å². The Hall–Kier alpha value is -1.17. The van der Waals surface area contributed by atoms with Crippen molar-refractivity contribution in [2.24, 2.45) is 5.16 Å². The molecule has 1 heterocycles. The minimum Gasteiger partial charge on any atom is -0.489 e. The van der Waals surface area contributed by atoms with Crippen molar-refractivity contribution in [2.45, 2.75) is 6.92 Å². The average molecular weight is 217 g/mol. The summed E-state index contributed by atoms with van der Waals surface area (Å²) in [6, 6.07) is 0. The maximum atomic E-state index is 11.2. The number of nitrogens with zero attached hydrogens (tertiary/aromatic N) is 1. The molecule has 0 amide bonds. The average Bonchev–Trinajstić information content (AvgIpc) is 2.21. The molecule has 1 N–H and O–H groups in total. The quantitative estimate of drug-likeness (QED) is 0.330. The number of ether oxygens (including phenoxy) is 2. The molecule has 1 aliphatic heterocycles. The molecule has 0 aromatic carbocycles. The molecule has 0 atom stereocenters. The molecule has 0 aromatic heterocycles. The van der Waals surface area contributed by atoms with Crippen molar-refractivity contribution in [2.75, 3.05) is 19.0 Å². The van der Waals surface area contributed by atoms with E-state index in [0.29, 0.717) is 6.61 Å². The number of oxime groups is 1. The van der Waals surface area contributed by atoms with E-state index in [9.17, 15) is 4.79 Å². The van der Waals surface area contributed by atoms with Gasteiger partial charge in [0.2, 0.25) is 5.71 Å². The van der Waals surface area contributed by atoms with E-state index in [-0.39, 0.29) is 18.1 Å². The van der Waals surface area contributed by atoms with Crippen LogP contribution < -0.4 is 0 Å². The van der Waals surface area contributed by atoms with Crippen molar-refractivity contribution in [1.82, 2.24) is 0 Å². The molecule has 0 bridgehead atoms. The zero-order chi connectivity index (χ0) is 10.4. The van der Waals surface area contributed by atoms with Crippen LogP contribution in [0.3, 0.4) is 0 Å². The summed E-state index contributed by atoms with van der Waals surface area (Å²) in [6.07, 6.45) is 0. The lowest BCUT2D eigenvalue weighted by Gasteiger charge is -2.14. The molecule has 0 unspecified atom stereocenters. The van der Waals surface area contributed by atoms with Crippen LogP contribution in [-0.4, -0.2) is 35.9 Å². The Kier molecular flexibility index (Phi) is 4.31. The van der Waals surface area contributed by atoms with Crippen LogP contribution in [0.1, 0.15) is 6.92 Å². The molecule has 0 aromatic rings. The summed E-state index contributed by atoms with van der Waals surface area (Å²) in [7, 11) is 0. The van der Waals surface area contributed by atoms with Crippen molar-refractivity contribution >= 4 is 23.4 Å². The minimum absolute atomic E-state index is 0.181. The third kappa shape index (κ3) is 2.66. The fraction of sp³-hybridized carbons (Fsp3) is 0.500. The summed E-state index contributed by atoms with van der Waals surface area (Å²) in [4.78, 5) is 11.2. The van der Waals surface area contributed by atoms with Gasteiger partial charge in [-0.3, -0.25) is 0 Å². The summed E-state index contributed by atoms with van der Waals surface area (Å²) >= 11 is 1.50. The van der Waals surface area contributed by atoms with E-state index < -0.39 is 5.97 Å². The number of esters is 1. The van der Waals surface area contributed by atoms with Gasteiger partial charge in [-0.25, -0.2) is 4.79 Å². The second-order valence-electron chi connectivity index (χ2n) is 2.37. The Labute approximate surface area is 85.8 Å². The van der Waals surface area contributed by atoms with Gasteiger partial charge in [-0.1, -0.05) is 5.16 Å². The first kappa shape index (κ1) is 10.9. The van der Waals surface area contributed by atoms with E-state index in [1.165, 1.54) is 11.8 Å². The first-order chi connectivity index (χ1) is 6.79. The molecule has 5 nitrogen and oxygen atoms in total. The highest BCUT2D eigenvalue weighted by atomic mass is 32.2. The lowest BCUT2D eigenvalue weighted by Crippen LogP contribution is -2.23. The van der Waals surface area contributed by atoms with Crippen LogP contribution in [0.4, 0.5) is 0 Å². The molecular formula is C8H11NO4S. The third-order valence-corrected chi connectivity index (χ3v) is 2.23. The van der Waals surface area contributed by atoms with E-state index in [4.69, 9.17) is 9.94 Å². The van der Waals surface area contributed by atoms with Gasteiger partial charge in [0.15, 0.2) is 5.76 Å². The summed E-state index contributed by atoms with van der Waals surface area (Å²) in [5.41, 5.74) is -0.181. The Morgan fingerprint density at radius 2 is 2.64 bits per heavy atom. The number of thioether (sulfide) groups is 1. The van der Waals surface area contributed by atoms with Gasteiger partial charge in [0.1, 0.15) is 0 Å². The van der Waals surface area contributed by atoms with Crippen LogP contribution in [0.2, 0.25) is 0 Å². The Morgan fingerprint density at radius 1 is 1.86 bits per heavy atom. The fourth-order valence-electron chi connectivity index (χ4n) is 0.883. The van der Waals surface area contributed by atoms with Crippen molar-refractivity contribution in [1.29, 1.82) is 0 Å². The van der Waals surface area contributed by atoms with Crippen LogP contribution >= 0.6 is 11.8 Å². The number of carbonyl (C=O) groups is 1. The maximum Gasteiger partial charge on any atom is 0.364 e. The molecule has 1 rings (SSSR count). The van der Waals surface area contributed by atoms with Gasteiger partial charge < -0.3 is 14.7 Å². The summed E-state index contributed by atoms with van der Waals surface area (Å²) in [6.45, 7) is 2.41. The normalized spacial score (nSPS) is 16.9. The van der Waals surface area contributed by atoms with Gasteiger partial charge in [0.05, 0.1) is 13.2 Å². The van der Waals surface area contributed by atoms with Crippen LogP contribution in [0, 0.1) is 0 Å². The highest BCUT2D eigenvalue weighted by Crippen LogP contribution is 2.16. The van der Waals surface area contributed by atoms with Gasteiger partial charge in [-0.05, 0) is 6.92 Å². The number of carbonyl (C=O) groups excluding carboxylic acids is 1. The van der Waals surface area contributed by atoms with Crippen molar-refractivity contribution in [3.05, 3.63) is 11.2 Å². The summed E-state index contributed by atoms with van der Waals surface area (Å²) in [5.74, 6) is 0.413. The number of rotatable bonds is 3. The molecule has 1 aliphatic rings. The Balaban J connectivity index is 2.71. The standard InChI is InChI=1S/C8H11NO4S/c1-2-12-8(10)7(9-11)6-5-14-4-3-13-6/h5,11H,2-4H2,1H3. The third-order valence-electron chi connectivity index (χ3n) is 1.45. The summed E-state index contributed by atoms with van der Waals surface area (Å²) in [5, 5.41) is 13.1. The molecule has 78 valence electrons. The molecule has 0 radical (unpaired) electrons. The maximum absolute atomic E-state index is 11.2. The van der Waals surface area contributed by atoms with Gasteiger partial charge in [-0.2, -0.15) is 0 Å². The van der Waals surface area contributed by atoms with E-state index in [2.05, 4.69) is 9.89 Å². The van der Waals surface area contributed by atoms with E-state index in [1.54, 1.807) is 12.3 Å².